The molecule has 2 rings (SSSR count). The van der Waals surface area contributed by atoms with E-state index >= 15 is 0 Å². The molecule has 0 radical (unpaired) electrons. The van der Waals surface area contributed by atoms with Crippen molar-refractivity contribution < 1.29 is 9.15 Å². The number of nitrogens with zero attached hydrogens (tertiary/aromatic N) is 1. The predicted octanol–water partition coefficient (Wildman–Crippen LogP) is 3.59. The lowest BCUT2D eigenvalue weighted by Gasteiger charge is -2.13. The standard InChI is InChI=1S/C18H25N3O2.HI/c1-14(2)23-17-8-6-15(7-9-17)13-21-18(19-3)20-11-10-16-5-4-12-22-16;/h4-9,12,14H,10-11,13H2,1-3H3,(H2,19,20,21);1H. The normalized spacial score (nSPS) is 11.1. The average molecular weight is 443 g/mol. The van der Waals surface area contributed by atoms with Gasteiger partial charge in [-0.2, -0.15) is 0 Å². The second-order valence-corrected chi connectivity index (χ2v) is 5.49. The summed E-state index contributed by atoms with van der Waals surface area (Å²) >= 11 is 0. The summed E-state index contributed by atoms with van der Waals surface area (Å²) in [5, 5.41) is 6.56. The molecular formula is C18H26IN3O2. The summed E-state index contributed by atoms with van der Waals surface area (Å²) in [6.07, 6.45) is 2.71. The molecule has 2 aromatic rings. The van der Waals surface area contributed by atoms with Crippen LogP contribution in [-0.4, -0.2) is 25.7 Å². The van der Waals surface area contributed by atoms with Gasteiger partial charge in [-0.1, -0.05) is 12.1 Å². The molecule has 0 fully saturated rings. The fourth-order valence-corrected chi connectivity index (χ4v) is 2.12. The number of benzene rings is 1. The average Bonchev–Trinajstić information content (AvgIpc) is 3.05. The van der Waals surface area contributed by atoms with Crippen molar-refractivity contribution in [1.82, 2.24) is 10.6 Å². The second kappa shape index (κ2) is 11.0. The van der Waals surface area contributed by atoms with E-state index in [-0.39, 0.29) is 30.1 Å². The van der Waals surface area contributed by atoms with E-state index in [1.54, 1.807) is 13.3 Å². The van der Waals surface area contributed by atoms with Crippen molar-refractivity contribution in [3.63, 3.8) is 0 Å². The van der Waals surface area contributed by atoms with E-state index in [1.807, 2.05) is 38.1 Å². The Morgan fingerprint density at radius 3 is 2.50 bits per heavy atom. The highest BCUT2D eigenvalue weighted by Gasteiger charge is 2.01. The van der Waals surface area contributed by atoms with Crippen LogP contribution in [0.1, 0.15) is 25.2 Å². The van der Waals surface area contributed by atoms with Crippen molar-refractivity contribution in [3.8, 4) is 5.75 Å². The van der Waals surface area contributed by atoms with E-state index in [4.69, 9.17) is 9.15 Å². The number of halogens is 1. The van der Waals surface area contributed by atoms with E-state index in [1.165, 1.54) is 5.56 Å². The summed E-state index contributed by atoms with van der Waals surface area (Å²) in [7, 11) is 1.77. The number of ether oxygens (including phenoxy) is 1. The van der Waals surface area contributed by atoms with Crippen molar-refractivity contribution in [3.05, 3.63) is 54.0 Å². The van der Waals surface area contributed by atoms with Crippen LogP contribution in [0.15, 0.2) is 52.1 Å². The Bertz CT molecular complexity index is 595. The lowest BCUT2D eigenvalue weighted by atomic mass is 10.2. The molecule has 0 aliphatic rings. The van der Waals surface area contributed by atoms with Gasteiger partial charge < -0.3 is 19.8 Å². The van der Waals surface area contributed by atoms with Gasteiger partial charge in [-0.15, -0.1) is 24.0 Å². The first-order valence-electron chi connectivity index (χ1n) is 7.90. The van der Waals surface area contributed by atoms with E-state index in [0.717, 1.165) is 30.4 Å². The van der Waals surface area contributed by atoms with E-state index in [9.17, 15) is 0 Å². The maximum absolute atomic E-state index is 5.64. The van der Waals surface area contributed by atoms with Crippen LogP contribution in [0.25, 0.3) is 0 Å². The molecule has 0 spiro atoms. The summed E-state index contributed by atoms with van der Waals surface area (Å²) in [6.45, 7) is 5.53. The molecule has 0 bridgehead atoms. The van der Waals surface area contributed by atoms with E-state index in [2.05, 4.69) is 27.8 Å². The number of guanidine groups is 1. The summed E-state index contributed by atoms with van der Waals surface area (Å²) in [6, 6.07) is 12.0. The zero-order chi connectivity index (χ0) is 16.5. The Kier molecular flexibility index (Phi) is 9.29. The van der Waals surface area contributed by atoms with Gasteiger partial charge >= 0.3 is 0 Å². The van der Waals surface area contributed by atoms with Crippen LogP contribution in [-0.2, 0) is 13.0 Å². The first kappa shape index (κ1) is 20.3. The zero-order valence-corrected chi connectivity index (χ0v) is 16.7. The highest BCUT2D eigenvalue weighted by atomic mass is 127. The van der Waals surface area contributed by atoms with Crippen LogP contribution < -0.4 is 15.4 Å². The highest BCUT2D eigenvalue weighted by Crippen LogP contribution is 2.13. The number of hydrogen-bond acceptors (Lipinski definition) is 3. The Hall–Kier alpha value is -1.70. The van der Waals surface area contributed by atoms with Gasteiger partial charge in [0, 0.05) is 26.6 Å². The molecule has 132 valence electrons. The van der Waals surface area contributed by atoms with Gasteiger partial charge in [-0.25, -0.2) is 0 Å². The number of hydrogen-bond donors (Lipinski definition) is 2. The maximum Gasteiger partial charge on any atom is 0.191 e. The van der Waals surface area contributed by atoms with E-state index in [0.29, 0.717) is 6.54 Å². The number of furan rings is 1. The monoisotopic (exact) mass is 443 g/mol. The third-order valence-electron chi connectivity index (χ3n) is 3.22. The highest BCUT2D eigenvalue weighted by molar-refractivity contribution is 14.0. The van der Waals surface area contributed by atoms with Crippen LogP contribution in [0.5, 0.6) is 5.75 Å². The third-order valence-corrected chi connectivity index (χ3v) is 3.22. The van der Waals surface area contributed by atoms with Crippen LogP contribution in [0, 0.1) is 0 Å². The van der Waals surface area contributed by atoms with Gasteiger partial charge in [0.1, 0.15) is 11.5 Å². The SMILES string of the molecule is CN=C(NCCc1ccco1)NCc1ccc(OC(C)C)cc1.I. The molecule has 1 aromatic carbocycles. The van der Waals surface area contributed by atoms with Gasteiger partial charge in [0.25, 0.3) is 0 Å². The lowest BCUT2D eigenvalue weighted by Crippen LogP contribution is -2.37. The van der Waals surface area contributed by atoms with Crippen LogP contribution in [0.3, 0.4) is 0 Å². The van der Waals surface area contributed by atoms with Crippen molar-refractivity contribution in [2.24, 2.45) is 4.99 Å². The molecular weight excluding hydrogens is 417 g/mol. The predicted molar refractivity (Wildman–Crippen MR) is 108 cm³/mol. The van der Waals surface area contributed by atoms with Gasteiger partial charge in [0.2, 0.25) is 0 Å². The topological polar surface area (TPSA) is 58.8 Å². The molecule has 0 saturated carbocycles. The summed E-state index contributed by atoms with van der Waals surface area (Å²) in [5.74, 6) is 2.64. The second-order valence-electron chi connectivity index (χ2n) is 5.49. The fourth-order valence-electron chi connectivity index (χ4n) is 2.12. The molecule has 6 heteroatoms. The van der Waals surface area contributed by atoms with Crippen molar-refractivity contribution in [2.75, 3.05) is 13.6 Å². The summed E-state index contributed by atoms with van der Waals surface area (Å²) in [5.41, 5.74) is 1.18. The largest absolute Gasteiger partial charge is 0.491 e. The molecule has 1 heterocycles. The molecule has 1 aromatic heterocycles. The van der Waals surface area contributed by atoms with Crippen molar-refractivity contribution in [2.45, 2.75) is 32.9 Å². The Balaban J connectivity index is 0.00000288. The third kappa shape index (κ3) is 7.25. The van der Waals surface area contributed by atoms with Gasteiger partial charge in [0.05, 0.1) is 12.4 Å². The maximum atomic E-state index is 5.64. The zero-order valence-electron chi connectivity index (χ0n) is 14.4. The molecule has 0 aliphatic heterocycles. The molecule has 5 nitrogen and oxygen atoms in total. The van der Waals surface area contributed by atoms with Crippen LogP contribution in [0.4, 0.5) is 0 Å². The van der Waals surface area contributed by atoms with Crippen LogP contribution >= 0.6 is 24.0 Å². The smallest absolute Gasteiger partial charge is 0.191 e. The molecule has 0 aliphatic carbocycles. The van der Waals surface area contributed by atoms with Gasteiger partial charge in [-0.05, 0) is 43.7 Å². The molecule has 2 N–H and O–H groups in total. The molecule has 0 saturated heterocycles. The molecule has 0 unspecified atom stereocenters. The summed E-state index contributed by atoms with van der Waals surface area (Å²) in [4.78, 5) is 4.22. The van der Waals surface area contributed by atoms with Gasteiger partial charge in [0.15, 0.2) is 5.96 Å². The van der Waals surface area contributed by atoms with Crippen LogP contribution in [0.2, 0.25) is 0 Å². The van der Waals surface area contributed by atoms with Gasteiger partial charge in [-0.3, -0.25) is 4.99 Å². The minimum atomic E-state index is 0. The molecule has 0 atom stereocenters. The van der Waals surface area contributed by atoms with Crippen molar-refractivity contribution >= 4 is 29.9 Å². The Morgan fingerprint density at radius 2 is 1.92 bits per heavy atom. The lowest BCUT2D eigenvalue weighted by molar-refractivity contribution is 0.242. The summed E-state index contributed by atoms with van der Waals surface area (Å²) < 4.78 is 10.9. The number of aliphatic imine (C=N–C) groups is 1. The molecule has 24 heavy (non-hydrogen) atoms. The number of nitrogens with one attached hydrogen (secondary N) is 2. The van der Waals surface area contributed by atoms with E-state index < -0.39 is 0 Å². The minimum absolute atomic E-state index is 0. The van der Waals surface area contributed by atoms with Crippen molar-refractivity contribution in [1.29, 1.82) is 0 Å². The quantitative estimate of drug-likeness (QED) is 0.390. The minimum Gasteiger partial charge on any atom is -0.491 e. The molecule has 0 amide bonds. The first-order valence-corrected chi connectivity index (χ1v) is 7.90. The number of rotatable bonds is 7. The Labute approximate surface area is 160 Å². The fraction of sp³-hybridized carbons (Fsp3) is 0.389. The first-order chi connectivity index (χ1) is 11.2. The Morgan fingerprint density at radius 1 is 1.17 bits per heavy atom.